The Hall–Kier alpha value is -2.55. The van der Waals surface area contributed by atoms with Crippen LogP contribution in [0.1, 0.15) is 5.69 Å². The van der Waals surface area contributed by atoms with Crippen LogP contribution in [-0.4, -0.2) is 10.9 Å². The predicted molar refractivity (Wildman–Crippen MR) is 111 cm³/mol. The average Bonchev–Trinajstić information content (AvgIpc) is 2.72. The second-order valence-corrected chi connectivity index (χ2v) is 7.54. The van der Waals surface area contributed by atoms with Gasteiger partial charge in [0.15, 0.2) is 11.6 Å². The van der Waals surface area contributed by atoms with Crippen molar-refractivity contribution in [1.29, 1.82) is 0 Å². The number of nitrogens with one attached hydrogen (secondary N) is 2. The lowest BCUT2D eigenvalue weighted by molar-refractivity contribution is 0.443. The number of pyridine rings is 1. The zero-order valence-electron chi connectivity index (χ0n) is 14.5. The second-order valence-electron chi connectivity index (χ2n) is 5.85. The highest BCUT2D eigenvalue weighted by atomic mass is 35.5. The number of fused-ring (bicyclic) bond motifs is 1. The molecule has 4 rings (SSSR count). The van der Waals surface area contributed by atoms with Gasteiger partial charge in [0, 0.05) is 17.3 Å². The van der Waals surface area contributed by atoms with Crippen LogP contribution in [0.4, 0.5) is 14.5 Å². The average molecular weight is 453 g/mol. The third-order valence-corrected chi connectivity index (χ3v) is 5.30. The molecular weight excluding hydrogens is 441 g/mol. The van der Waals surface area contributed by atoms with Gasteiger partial charge in [-0.05, 0) is 48.3 Å². The van der Waals surface area contributed by atoms with E-state index in [1.165, 1.54) is 42.4 Å². The molecule has 0 bridgehead atoms. The highest BCUT2D eigenvalue weighted by Gasteiger charge is 2.23. The Morgan fingerprint density at radius 1 is 1.10 bits per heavy atom. The summed E-state index contributed by atoms with van der Waals surface area (Å²) in [7, 11) is 0. The number of guanidine groups is 1. The van der Waals surface area contributed by atoms with Crippen LogP contribution in [-0.2, 0) is 6.54 Å². The van der Waals surface area contributed by atoms with Crippen LogP contribution in [0.15, 0.2) is 58.5 Å². The minimum absolute atomic E-state index is 0.00350. The standard InChI is InChI=1S/C19H12Cl2F2N4OS/c20-10-3-4-11(21)15(8-10)28-18-13(23)5-6-16-17(18)26-19(27-29-16)25-9-14-12(22)2-1-7-24-14/h1-8H,9H2,(H2,25,26,27). The third-order valence-electron chi connectivity index (χ3n) is 3.90. The lowest BCUT2D eigenvalue weighted by atomic mass is 10.2. The molecule has 5 nitrogen and oxygen atoms in total. The second kappa shape index (κ2) is 8.44. The van der Waals surface area contributed by atoms with Gasteiger partial charge in [0.05, 0.1) is 22.2 Å². The number of anilines is 1. The Bertz CT molecular complexity index is 1110. The SMILES string of the molecule is Fc1cccnc1CN=C1NSc2ccc(F)c(Oc3cc(Cl)ccc3Cl)c2N1. The van der Waals surface area contributed by atoms with Crippen LogP contribution in [0.3, 0.4) is 0 Å². The monoisotopic (exact) mass is 452 g/mol. The first-order chi connectivity index (χ1) is 14.0. The van der Waals surface area contributed by atoms with Crippen molar-refractivity contribution < 1.29 is 13.5 Å². The van der Waals surface area contributed by atoms with Gasteiger partial charge < -0.3 is 10.1 Å². The summed E-state index contributed by atoms with van der Waals surface area (Å²) in [5, 5.41) is 3.66. The van der Waals surface area contributed by atoms with Gasteiger partial charge in [-0.15, -0.1) is 0 Å². The summed E-state index contributed by atoms with van der Waals surface area (Å²) in [6.07, 6.45) is 1.49. The summed E-state index contributed by atoms with van der Waals surface area (Å²) >= 11 is 13.3. The Labute approximate surface area is 179 Å². The van der Waals surface area contributed by atoms with Crippen LogP contribution < -0.4 is 14.8 Å². The van der Waals surface area contributed by atoms with Crippen LogP contribution in [0.25, 0.3) is 0 Å². The fourth-order valence-electron chi connectivity index (χ4n) is 2.52. The quantitative estimate of drug-likeness (QED) is 0.472. The summed E-state index contributed by atoms with van der Waals surface area (Å²) < 4.78 is 37.0. The maximum absolute atomic E-state index is 14.6. The zero-order valence-corrected chi connectivity index (χ0v) is 16.9. The van der Waals surface area contributed by atoms with E-state index in [1.54, 1.807) is 18.2 Å². The number of ether oxygens (including phenoxy) is 1. The highest BCUT2D eigenvalue weighted by molar-refractivity contribution is 7.98. The molecule has 1 aliphatic rings. The Kier molecular flexibility index (Phi) is 5.75. The van der Waals surface area contributed by atoms with Gasteiger partial charge in [-0.3, -0.25) is 9.71 Å². The van der Waals surface area contributed by atoms with Gasteiger partial charge in [-0.1, -0.05) is 23.2 Å². The molecule has 0 aliphatic carbocycles. The number of rotatable bonds is 4. The molecule has 0 atom stereocenters. The number of aliphatic imine (C=N–C) groups is 1. The van der Waals surface area contributed by atoms with Crippen molar-refractivity contribution in [2.75, 3.05) is 5.32 Å². The van der Waals surface area contributed by atoms with Gasteiger partial charge in [-0.25, -0.2) is 13.8 Å². The molecule has 1 aliphatic heterocycles. The van der Waals surface area contributed by atoms with Crippen LogP contribution in [0.2, 0.25) is 10.0 Å². The third kappa shape index (κ3) is 4.39. The van der Waals surface area contributed by atoms with Gasteiger partial charge >= 0.3 is 0 Å². The molecule has 2 aromatic carbocycles. The van der Waals surface area contributed by atoms with E-state index < -0.39 is 11.6 Å². The van der Waals surface area contributed by atoms with Crippen molar-refractivity contribution in [2.45, 2.75) is 11.4 Å². The van der Waals surface area contributed by atoms with E-state index >= 15 is 0 Å². The van der Waals surface area contributed by atoms with Crippen LogP contribution in [0, 0.1) is 11.6 Å². The molecule has 3 aromatic rings. The fourth-order valence-corrected chi connectivity index (χ4v) is 3.54. The first-order valence-corrected chi connectivity index (χ1v) is 9.87. The summed E-state index contributed by atoms with van der Waals surface area (Å²) in [6.45, 7) is 0.00350. The molecule has 0 saturated carbocycles. The maximum atomic E-state index is 14.6. The maximum Gasteiger partial charge on any atom is 0.206 e. The van der Waals surface area contributed by atoms with Crippen molar-refractivity contribution in [3.05, 3.63) is 76.0 Å². The molecule has 2 N–H and O–H groups in total. The molecule has 0 saturated heterocycles. The molecule has 10 heteroatoms. The van der Waals surface area contributed by atoms with E-state index in [0.717, 1.165) is 0 Å². The normalized spacial score (nSPS) is 14.1. The lowest BCUT2D eigenvalue weighted by Gasteiger charge is -2.23. The van der Waals surface area contributed by atoms with Crippen molar-refractivity contribution >= 4 is 46.8 Å². The molecule has 1 aromatic heterocycles. The number of hydrogen-bond acceptors (Lipinski definition) is 4. The Balaban J connectivity index is 1.63. The number of halogens is 4. The summed E-state index contributed by atoms with van der Waals surface area (Å²) in [5.74, 6) is -0.584. The fraction of sp³-hybridized carbons (Fsp3) is 0.0526. The largest absolute Gasteiger partial charge is 0.450 e. The van der Waals surface area contributed by atoms with Gasteiger partial charge in [0.1, 0.15) is 17.3 Å². The van der Waals surface area contributed by atoms with E-state index in [9.17, 15) is 8.78 Å². The lowest BCUT2D eigenvalue weighted by Crippen LogP contribution is -2.30. The van der Waals surface area contributed by atoms with E-state index in [2.05, 4.69) is 20.0 Å². The van der Waals surface area contributed by atoms with Crippen molar-refractivity contribution in [3.63, 3.8) is 0 Å². The van der Waals surface area contributed by atoms with E-state index in [0.29, 0.717) is 21.6 Å². The Morgan fingerprint density at radius 3 is 2.79 bits per heavy atom. The van der Waals surface area contributed by atoms with Crippen molar-refractivity contribution in [3.8, 4) is 11.5 Å². The van der Waals surface area contributed by atoms with Gasteiger partial charge in [0.2, 0.25) is 5.96 Å². The number of aromatic nitrogens is 1. The highest BCUT2D eigenvalue weighted by Crippen LogP contribution is 2.42. The molecule has 0 spiro atoms. The molecular formula is C19H12Cl2F2N4OS. The molecule has 0 radical (unpaired) electrons. The molecule has 0 fully saturated rings. The summed E-state index contributed by atoms with van der Waals surface area (Å²) in [6, 6.07) is 10.4. The predicted octanol–water partition coefficient (Wildman–Crippen LogP) is 6.04. The first kappa shape index (κ1) is 19.8. The van der Waals surface area contributed by atoms with Gasteiger partial charge in [-0.2, -0.15) is 0 Å². The smallest absolute Gasteiger partial charge is 0.206 e. The first-order valence-electron chi connectivity index (χ1n) is 8.30. The summed E-state index contributed by atoms with van der Waals surface area (Å²) in [4.78, 5) is 8.91. The molecule has 0 amide bonds. The van der Waals surface area contributed by atoms with Gasteiger partial charge in [0.25, 0.3) is 0 Å². The Morgan fingerprint density at radius 2 is 1.97 bits per heavy atom. The number of nitrogens with zero attached hydrogens (tertiary/aromatic N) is 2. The number of benzene rings is 2. The topological polar surface area (TPSA) is 58.5 Å². The van der Waals surface area contributed by atoms with E-state index in [-0.39, 0.29) is 28.8 Å². The molecule has 148 valence electrons. The van der Waals surface area contributed by atoms with E-state index in [1.807, 2.05) is 0 Å². The van der Waals surface area contributed by atoms with E-state index in [4.69, 9.17) is 27.9 Å². The molecule has 29 heavy (non-hydrogen) atoms. The van der Waals surface area contributed by atoms with Crippen LogP contribution >= 0.6 is 35.1 Å². The molecule has 0 unspecified atom stereocenters. The minimum atomic E-state index is -0.593. The zero-order chi connectivity index (χ0) is 20.4. The van der Waals surface area contributed by atoms with Crippen molar-refractivity contribution in [1.82, 2.24) is 9.71 Å². The van der Waals surface area contributed by atoms with Crippen LogP contribution in [0.5, 0.6) is 11.5 Å². The summed E-state index contributed by atoms with van der Waals surface area (Å²) in [5.41, 5.74) is 0.561. The van der Waals surface area contributed by atoms with Crippen molar-refractivity contribution in [2.24, 2.45) is 4.99 Å². The number of hydrogen-bond donors (Lipinski definition) is 2. The molecule has 2 heterocycles. The minimum Gasteiger partial charge on any atom is -0.450 e.